The van der Waals surface area contributed by atoms with E-state index in [1.807, 2.05) is 36.4 Å². The van der Waals surface area contributed by atoms with Crippen molar-refractivity contribution in [1.82, 2.24) is 0 Å². The van der Waals surface area contributed by atoms with Crippen molar-refractivity contribution in [2.24, 2.45) is 0 Å². The van der Waals surface area contributed by atoms with E-state index in [4.69, 9.17) is 9.47 Å². The Kier molecular flexibility index (Phi) is 11.6. The van der Waals surface area contributed by atoms with Crippen LogP contribution in [0.3, 0.4) is 0 Å². The van der Waals surface area contributed by atoms with Gasteiger partial charge in [-0.25, -0.2) is 0 Å². The Bertz CT molecular complexity index is 2450. The van der Waals surface area contributed by atoms with Gasteiger partial charge in [-0.15, -0.1) is 0 Å². The number of ether oxygens (including phenoxy) is 2. The lowest BCUT2D eigenvalue weighted by Crippen LogP contribution is -2.23. The normalized spacial score (nSPS) is 16.6. The smallest absolute Gasteiger partial charge is 0.131 e. The van der Waals surface area contributed by atoms with Gasteiger partial charge in [-0.05, 0) is 234 Å². The highest BCUT2D eigenvalue weighted by Crippen LogP contribution is 2.50. The van der Waals surface area contributed by atoms with Crippen LogP contribution in [-0.2, 0) is 51.4 Å². The molecule has 0 saturated heterocycles. The lowest BCUT2D eigenvalue weighted by atomic mass is 9.76. The van der Waals surface area contributed by atoms with Crippen molar-refractivity contribution < 1.29 is 19.7 Å². The number of hydrogen-bond donors (Lipinski definition) is 2. The Morgan fingerprint density at radius 1 is 0.413 bits per heavy atom. The summed E-state index contributed by atoms with van der Waals surface area (Å²) in [5.74, 6) is 2.20. The molecule has 0 spiro atoms. The fraction of sp³-hybridized carbons (Fsp3) is 0.390. The second kappa shape index (κ2) is 17.6. The Labute approximate surface area is 375 Å². The zero-order chi connectivity index (χ0) is 43.2. The zero-order valence-corrected chi connectivity index (χ0v) is 38.0. The van der Waals surface area contributed by atoms with E-state index in [-0.39, 0.29) is 12.2 Å². The van der Waals surface area contributed by atoms with E-state index in [0.29, 0.717) is 17.9 Å². The van der Waals surface area contributed by atoms with Crippen LogP contribution in [0.25, 0.3) is 44.5 Å². The summed E-state index contributed by atoms with van der Waals surface area (Å²) in [6, 6.07) is 30.0. The first-order valence-electron chi connectivity index (χ1n) is 24.2. The SMILES string of the molecule is Cc1cc(-c2ccccc2OC(C)C[C@@H](C)Oc2ccccc2-c2cc(C)cc(-c3c4c(cc5c3CCCC5)CCCC4)c2O)c(O)c(-c2c3c(cc4c2CCCC4)CCCC3)c1. The molecule has 2 atom stereocenters. The molecule has 4 aliphatic carbocycles. The van der Waals surface area contributed by atoms with Crippen molar-refractivity contribution >= 4 is 0 Å². The van der Waals surface area contributed by atoms with Crippen LogP contribution >= 0.6 is 0 Å². The highest BCUT2D eigenvalue weighted by atomic mass is 16.5. The number of para-hydroxylation sites is 2. The summed E-state index contributed by atoms with van der Waals surface area (Å²) in [4.78, 5) is 0. The van der Waals surface area contributed by atoms with Gasteiger partial charge in [0.1, 0.15) is 23.0 Å². The third kappa shape index (κ3) is 8.04. The number of phenolic OH excluding ortho intramolecular Hbond substituents is 2. The predicted molar refractivity (Wildman–Crippen MR) is 259 cm³/mol. The topological polar surface area (TPSA) is 58.9 Å². The van der Waals surface area contributed by atoms with Gasteiger partial charge in [-0.1, -0.05) is 48.5 Å². The number of aromatic hydroxyl groups is 2. The first-order chi connectivity index (χ1) is 30.7. The minimum atomic E-state index is -0.178. The minimum Gasteiger partial charge on any atom is -0.507 e. The van der Waals surface area contributed by atoms with Crippen LogP contribution in [0.4, 0.5) is 0 Å². The van der Waals surface area contributed by atoms with Crippen LogP contribution in [0.15, 0.2) is 84.9 Å². The first kappa shape index (κ1) is 41.5. The minimum absolute atomic E-state index is 0.178. The molecule has 0 aliphatic heterocycles. The van der Waals surface area contributed by atoms with E-state index >= 15 is 0 Å². The second-order valence-electron chi connectivity index (χ2n) is 19.4. The quantitative estimate of drug-likeness (QED) is 0.144. The van der Waals surface area contributed by atoms with E-state index in [1.54, 1.807) is 0 Å². The van der Waals surface area contributed by atoms with Gasteiger partial charge in [-0.3, -0.25) is 0 Å². The zero-order valence-electron chi connectivity index (χ0n) is 38.0. The molecule has 0 bridgehead atoms. The molecule has 0 amide bonds. The molecule has 4 aliphatic rings. The monoisotopic (exact) mass is 836 g/mol. The van der Waals surface area contributed by atoms with E-state index in [2.05, 4.69) is 76.2 Å². The van der Waals surface area contributed by atoms with Crippen LogP contribution in [0.5, 0.6) is 23.0 Å². The number of hydrogen-bond acceptors (Lipinski definition) is 4. The van der Waals surface area contributed by atoms with Crippen LogP contribution in [0, 0.1) is 13.8 Å². The molecular weight excluding hydrogens is 773 g/mol. The molecule has 6 aromatic rings. The Balaban J connectivity index is 0.923. The van der Waals surface area contributed by atoms with Crippen molar-refractivity contribution in [2.75, 3.05) is 0 Å². The molecule has 0 heterocycles. The number of rotatable bonds is 10. The lowest BCUT2D eigenvalue weighted by molar-refractivity contribution is 0.131. The van der Waals surface area contributed by atoms with Gasteiger partial charge in [0.2, 0.25) is 0 Å². The maximum atomic E-state index is 12.3. The van der Waals surface area contributed by atoms with Crippen molar-refractivity contribution in [1.29, 1.82) is 0 Å². The molecule has 0 saturated carbocycles. The van der Waals surface area contributed by atoms with Gasteiger partial charge < -0.3 is 19.7 Å². The molecule has 10 rings (SSSR count). The molecule has 1 unspecified atom stereocenters. The second-order valence-corrected chi connectivity index (χ2v) is 19.4. The predicted octanol–water partition coefficient (Wildman–Crippen LogP) is 14.5. The lowest BCUT2D eigenvalue weighted by Gasteiger charge is -2.29. The Hall–Kier alpha value is -5.48. The first-order valence-corrected chi connectivity index (χ1v) is 24.2. The van der Waals surface area contributed by atoms with Gasteiger partial charge in [0.15, 0.2) is 0 Å². The van der Waals surface area contributed by atoms with Crippen LogP contribution in [0.2, 0.25) is 0 Å². The third-order valence-electron chi connectivity index (χ3n) is 14.7. The third-order valence-corrected chi connectivity index (χ3v) is 14.7. The van der Waals surface area contributed by atoms with E-state index < -0.39 is 0 Å². The average Bonchev–Trinajstić information content (AvgIpc) is 3.29. The number of benzene rings is 6. The molecule has 0 aromatic heterocycles. The fourth-order valence-corrected chi connectivity index (χ4v) is 11.9. The van der Waals surface area contributed by atoms with Gasteiger partial charge in [-0.2, -0.15) is 0 Å². The van der Waals surface area contributed by atoms with Crippen molar-refractivity contribution in [3.8, 4) is 67.5 Å². The van der Waals surface area contributed by atoms with Crippen molar-refractivity contribution in [3.05, 3.63) is 141 Å². The van der Waals surface area contributed by atoms with Crippen LogP contribution in [-0.4, -0.2) is 22.4 Å². The Morgan fingerprint density at radius 3 is 1.10 bits per heavy atom. The largest absolute Gasteiger partial charge is 0.507 e. The highest BCUT2D eigenvalue weighted by Gasteiger charge is 2.29. The van der Waals surface area contributed by atoms with Crippen LogP contribution in [0.1, 0.15) is 127 Å². The van der Waals surface area contributed by atoms with Crippen molar-refractivity contribution in [3.63, 3.8) is 0 Å². The molecule has 0 fully saturated rings. The highest BCUT2D eigenvalue weighted by molar-refractivity contribution is 5.90. The summed E-state index contributed by atoms with van der Waals surface area (Å²) in [7, 11) is 0. The number of aryl methyl sites for hydroxylation is 6. The van der Waals surface area contributed by atoms with E-state index in [9.17, 15) is 10.2 Å². The summed E-state index contributed by atoms with van der Waals surface area (Å²) in [5.41, 5.74) is 22.0. The maximum Gasteiger partial charge on any atom is 0.131 e. The molecule has 324 valence electrons. The van der Waals surface area contributed by atoms with Crippen LogP contribution < -0.4 is 9.47 Å². The fourth-order valence-electron chi connectivity index (χ4n) is 11.9. The summed E-state index contributed by atoms with van der Waals surface area (Å²) in [5, 5.41) is 24.7. The summed E-state index contributed by atoms with van der Waals surface area (Å²) >= 11 is 0. The van der Waals surface area contributed by atoms with Gasteiger partial charge >= 0.3 is 0 Å². The molecule has 6 aromatic carbocycles. The number of fused-ring (bicyclic) bond motifs is 4. The van der Waals surface area contributed by atoms with E-state index in [0.717, 1.165) is 107 Å². The molecule has 2 N–H and O–H groups in total. The van der Waals surface area contributed by atoms with Gasteiger partial charge in [0.25, 0.3) is 0 Å². The van der Waals surface area contributed by atoms with Gasteiger partial charge in [0.05, 0.1) is 12.2 Å². The summed E-state index contributed by atoms with van der Waals surface area (Å²) in [6.07, 6.45) is 18.9. The molecule has 4 heteroatoms. The molecular formula is C59H64O4. The maximum absolute atomic E-state index is 12.3. The molecule has 4 nitrogen and oxygen atoms in total. The average molecular weight is 837 g/mol. The standard InChI is InChI=1S/C59H64O4/c1-36-29-50(58(60)52(31-36)56-44-21-9-5-17-40(44)34-41-18-6-10-22-45(41)56)48-25-13-15-27-54(48)62-38(3)33-39(4)63-55-28-16-14-26-49(55)51-30-37(2)32-53(59(51)61)57-46-23-11-7-19-42(46)35-43-20-8-12-24-47(43)57/h13-16,25-32,34-35,38-39,60-61H,5-12,17-24,33H2,1-4H3/t38-,39?/m1/s1. The summed E-state index contributed by atoms with van der Waals surface area (Å²) in [6.45, 7) is 8.51. The Morgan fingerprint density at radius 2 is 0.730 bits per heavy atom. The molecule has 63 heavy (non-hydrogen) atoms. The summed E-state index contributed by atoms with van der Waals surface area (Å²) < 4.78 is 13.6. The van der Waals surface area contributed by atoms with Gasteiger partial charge in [0, 0.05) is 39.8 Å². The number of phenols is 2. The van der Waals surface area contributed by atoms with Crippen molar-refractivity contribution in [2.45, 2.75) is 149 Å². The van der Waals surface area contributed by atoms with E-state index in [1.165, 1.54) is 107 Å². The molecule has 0 radical (unpaired) electrons.